The number of hydrogen-bond acceptors (Lipinski definition) is 2. The molecule has 1 saturated carbocycles. The van der Waals surface area contributed by atoms with E-state index in [9.17, 15) is 4.39 Å². The molecule has 1 unspecified atom stereocenters. The first-order chi connectivity index (χ1) is 10.3. The lowest BCUT2D eigenvalue weighted by Gasteiger charge is -2.21. The van der Waals surface area contributed by atoms with Crippen molar-refractivity contribution in [1.29, 1.82) is 0 Å². The largest absolute Gasteiger partial charge is 0.383 e. The zero-order valence-electron chi connectivity index (χ0n) is 13.1. The molecule has 1 aromatic carbocycles. The number of methoxy groups -OCH3 is 1. The zero-order valence-corrected chi connectivity index (χ0v) is 13.1. The van der Waals surface area contributed by atoms with Gasteiger partial charge in [0.25, 0.3) is 0 Å². The monoisotopic (exact) mass is 293 g/mol. The molecule has 0 radical (unpaired) electrons. The molecule has 0 bridgehead atoms. The molecule has 3 heteroatoms. The topological polar surface area (TPSA) is 21.3 Å². The molecule has 21 heavy (non-hydrogen) atoms. The molecule has 118 valence electrons. The summed E-state index contributed by atoms with van der Waals surface area (Å²) in [5.41, 5.74) is 1.12. The normalized spacial score (nSPS) is 17.2. The molecule has 1 aliphatic rings. The average molecular weight is 293 g/mol. The Balaban J connectivity index is 1.86. The van der Waals surface area contributed by atoms with Crippen LogP contribution in [-0.4, -0.2) is 26.8 Å². The summed E-state index contributed by atoms with van der Waals surface area (Å²) in [6, 6.07) is 7.05. The Bertz CT molecular complexity index is 404. The lowest BCUT2D eigenvalue weighted by Crippen LogP contribution is -2.28. The van der Waals surface area contributed by atoms with Crippen molar-refractivity contribution in [2.75, 3.05) is 26.8 Å². The van der Waals surface area contributed by atoms with E-state index >= 15 is 0 Å². The van der Waals surface area contributed by atoms with Crippen LogP contribution in [0.3, 0.4) is 0 Å². The van der Waals surface area contributed by atoms with Crippen LogP contribution in [0.25, 0.3) is 0 Å². The van der Waals surface area contributed by atoms with Crippen molar-refractivity contribution >= 4 is 0 Å². The second kappa shape index (κ2) is 9.16. The van der Waals surface area contributed by atoms with Gasteiger partial charge >= 0.3 is 0 Å². The van der Waals surface area contributed by atoms with Gasteiger partial charge in [-0.25, -0.2) is 4.39 Å². The lowest BCUT2D eigenvalue weighted by atomic mass is 9.88. The minimum atomic E-state index is -0.126. The summed E-state index contributed by atoms with van der Waals surface area (Å²) in [6.07, 6.45) is 7.74. The third-order valence-electron chi connectivity index (χ3n) is 4.47. The highest BCUT2D eigenvalue weighted by molar-refractivity contribution is 5.17. The minimum absolute atomic E-state index is 0.126. The maximum Gasteiger partial charge on any atom is 0.123 e. The summed E-state index contributed by atoms with van der Waals surface area (Å²) in [4.78, 5) is 0. The van der Waals surface area contributed by atoms with Crippen molar-refractivity contribution in [2.45, 2.75) is 38.5 Å². The molecule has 2 rings (SSSR count). The summed E-state index contributed by atoms with van der Waals surface area (Å²) in [5.74, 6) is 1.33. The summed E-state index contributed by atoms with van der Waals surface area (Å²) in [5, 5.41) is 3.48. The van der Waals surface area contributed by atoms with Crippen LogP contribution >= 0.6 is 0 Å². The molecular formula is C18H28FNO. The standard InChI is InChI=1S/C18H28FNO/c1-21-10-9-20-14-17(11-15-5-2-3-6-15)12-16-7-4-8-18(19)13-16/h4,7-8,13,15,17,20H,2-3,5-6,9-12,14H2,1H3. The molecule has 0 saturated heterocycles. The number of benzene rings is 1. The molecule has 0 aliphatic heterocycles. The molecule has 0 amide bonds. The fraction of sp³-hybridized carbons (Fsp3) is 0.667. The van der Waals surface area contributed by atoms with Gasteiger partial charge in [-0.3, -0.25) is 0 Å². The van der Waals surface area contributed by atoms with Crippen LogP contribution in [-0.2, 0) is 11.2 Å². The van der Waals surface area contributed by atoms with Crippen molar-refractivity contribution < 1.29 is 9.13 Å². The quantitative estimate of drug-likeness (QED) is 0.699. The van der Waals surface area contributed by atoms with Gasteiger partial charge < -0.3 is 10.1 Å². The van der Waals surface area contributed by atoms with E-state index in [0.717, 1.165) is 37.6 Å². The van der Waals surface area contributed by atoms with Crippen LogP contribution in [0.4, 0.5) is 4.39 Å². The second-order valence-electron chi connectivity index (χ2n) is 6.28. The number of ether oxygens (including phenoxy) is 1. The first-order valence-corrected chi connectivity index (χ1v) is 8.22. The second-order valence-corrected chi connectivity index (χ2v) is 6.28. The van der Waals surface area contributed by atoms with Gasteiger partial charge in [0.15, 0.2) is 0 Å². The third-order valence-corrected chi connectivity index (χ3v) is 4.47. The Hall–Kier alpha value is -0.930. The molecule has 0 aromatic heterocycles. The van der Waals surface area contributed by atoms with E-state index in [-0.39, 0.29) is 5.82 Å². The van der Waals surface area contributed by atoms with Gasteiger partial charge in [0, 0.05) is 13.7 Å². The molecule has 1 fully saturated rings. The Morgan fingerprint density at radius 2 is 2.14 bits per heavy atom. The van der Waals surface area contributed by atoms with Crippen LogP contribution in [0, 0.1) is 17.7 Å². The maximum atomic E-state index is 13.3. The highest BCUT2D eigenvalue weighted by atomic mass is 19.1. The third kappa shape index (κ3) is 6.15. The Labute approximate surface area is 128 Å². The number of nitrogens with one attached hydrogen (secondary N) is 1. The maximum absolute atomic E-state index is 13.3. The highest BCUT2D eigenvalue weighted by Crippen LogP contribution is 2.31. The molecule has 2 nitrogen and oxygen atoms in total. The van der Waals surface area contributed by atoms with Gasteiger partial charge in [-0.2, -0.15) is 0 Å². The molecule has 0 heterocycles. The van der Waals surface area contributed by atoms with E-state index in [1.54, 1.807) is 13.2 Å². The number of halogens is 1. The number of rotatable bonds is 9. The van der Waals surface area contributed by atoms with Crippen molar-refractivity contribution in [3.05, 3.63) is 35.6 Å². The smallest absolute Gasteiger partial charge is 0.123 e. The van der Waals surface area contributed by atoms with Gasteiger partial charge in [-0.1, -0.05) is 37.8 Å². The fourth-order valence-electron chi connectivity index (χ4n) is 3.43. The molecule has 1 N–H and O–H groups in total. The fourth-order valence-corrected chi connectivity index (χ4v) is 3.43. The first-order valence-electron chi connectivity index (χ1n) is 8.22. The van der Waals surface area contributed by atoms with Crippen molar-refractivity contribution in [3.8, 4) is 0 Å². The van der Waals surface area contributed by atoms with Gasteiger partial charge in [0.2, 0.25) is 0 Å². The van der Waals surface area contributed by atoms with E-state index in [4.69, 9.17) is 4.74 Å². The van der Waals surface area contributed by atoms with Gasteiger partial charge in [-0.05, 0) is 48.9 Å². The Morgan fingerprint density at radius 3 is 2.86 bits per heavy atom. The average Bonchev–Trinajstić information content (AvgIpc) is 2.96. The Morgan fingerprint density at radius 1 is 1.33 bits per heavy atom. The van der Waals surface area contributed by atoms with Crippen LogP contribution in [0.1, 0.15) is 37.7 Å². The molecule has 1 atom stereocenters. The van der Waals surface area contributed by atoms with Crippen molar-refractivity contribution in [3.63, 3.8) is 0 Å². The summed E-state index contributed by atoms with van der Waals surface area (Å²) < 4.78 is 18.4. The van der Waals surface area contributed by atoms with E-state index in [0.29, 0.717) is 5.92 Å². The predicted molar refractivity (Wildman–Crippen MR) is 84.9 cm³/mol. The summed E-state index contributed by atoms with van der Waals surface area (Å²) in [6.45, 7) is 2.63. The molecule has 1 aromatic rings. The molecule has 0 spiro atoms. The van der Waals surface area contributed by atoms with E-state index in [1.807, 2.05) is 12.1 Å². The van der Waals surface area contributed by atoms with E-state index in [2.05, 4.69) is 5.32 Å². The van der Waals surface area contributed by atoms with Gasteiger partial charge in [-0.15, -0.1) is 0 Å². The van der Waals surface area contributed by atoms with Crippen LogP contribution < -0.4 is 5.32 Å². The van der Waals surface area contributed by atoms with Crippen LogP contribution in [0.15, 0.2) is 24.3 Å². The predicted octanol–water partition coefficient (Wildman–Crippen LogP) is 3.80. The molecule has 1 aliphatic carbocycles. The highest BCUT2D eigenvalue weighted by Gasteiger charge is 2.20. The summed E-state index contributed by atoms with van der Waals surface area (Å²) in [7, 11) is 1.73. The van der Waals surface area contributed by atoms with Gasteiger partial charge in [0.1, 0.15) is 5.82 Å². The van der Waals surface area contributed by atoms with E-state index < -0.39 is 0 Å². The number of hydrogen-bond donors (Lipinski definition) is 1. The van der Waals surface area contributed by atoms with Crippen molar-refractivity contribution in [2.24, 2.45) is 11.8 Å². The van der Waals surface area contributed by atoms with Crippen LogP contribution in [0.5, 0.6) is 0 Å². The van der Waals surface area contributed by atoms with Gasteiger partial charge in [0.05, 0.1) is 6.61 Å². The summed E-state index contributed by atoms with van der Waals surface area (Å²) >= 11 is 0. The first kappa shape index (κ1) is 16.4. The lowest BCUT2D eigenvalue weighted by molar-refractivity contribution is 0.196. The minimum Gasteiger partial charge on any atom is -0.383 e. The zero-order chi connectivity index (χ0) is 14.9. The van der Waals surface area contributed by atoms with Crippen LogP contribution in [0.2, 0.25) is 0 Å². The molecular weight excluding hydrogens is 265 g/mol. The SMILES string of the molecule is COCCNCC(Cc1cccc(F)c1)CC1CCCC1. The van der Waals surface area contributed by atoms with Crippen molar-refractivity contribution in [1.82, 2.24) is 5.32 Å². The Kier molecular flexibility index (Phi) is 7.17. The van der Waals surface area contributed by atoms with E-state index in [1.165, 1.54) is 38.2 Å².